The molecule has 0 spiro atoms. The first-order valence-electron chi connectivity index (χ1n) is 12.9. The minimum Gasteiger partial charge on any atom is -0.497 e. The van der Waals surface area contributed by atoms with Gasteiger partial charge in [-0.1, -0.05) is 30.3 Å². The Morgan fingerprint density at radius 1 is 1.00 bits per heavy atom. The second-order valence-electron chi connectivity index (χ2n) is 9.57. The van der Waals surface area contributed by atoms with Gasteiger partial charge in [0.25, 0.3) is 0 Å². The van der Waals surface area contributed by atoms with E-state index in [9.17, 15) is 9.18 Å². The molecule has 9 nitrogen and oxygen atoms in total. The van der Waals surface area contributed by atoms with Crippen LogP contribution >= 0.6 is 0 Å². The van der Waals surface area contributed by atoms with Crippen molar-refractivity contribution in [2.24, 2.45) is 0 Å². The summed E-state index contributed by atoms with van der Waals surface area (Å²) in [6.07, 6.45) is 2.22. The second kappa shape index (κ2) is 10.4. The molecular formula is C31H26FN5O4. The summed E-state index contributed by atoms with van der Waals surface area (Å²) in [5.41, 5.74) is 9.78. The number of aromatic nitrogens is 4. The molecule has 0 fully saturated rings. The van der Waals surface area contributed by atoms with Crippen LogP contribution in [0.5, 0.6) is 17.2 Å². The van der Waals surface area contributed by atoms with Crippen LogP contribution in [-0.4, -0.2) is 40.3 Å². The number of nitrogens with zero attached hydrogens (tertiary/aromatic N) is 4. The van der Waals surface area contributed by atoms with Crippen LogP contribution in [0.3, 0.4) is 0 Å². The Morgan fingerprint density at radius 3 is 2.46 bits per heavy atom. The average molecular weight is 552 g/mol. The minimum absolute atomic E-state index is 0.241. The number of hydrogen-bond acceptors (Lipinski definition) is 8. The number of allylic oxidation sites excluding steroid dienone is 2. The molecule has 206 valence electrons. The quantitative estimate of drug-likeness (QED) is 0.261. The fourth-order valence-electron chi connectivity index (χ4n) is 5.26. The van der Waals surface area contributed by atoms with E-state index in [1.165, 1.54) is 18.5 Å². The molecule has 2 aromatic heterocycles. The third-order valence-corrected chi connectivity index (χ3v) is 7.21. The number of para-hydroxylation sites is 1. The second-order valence-corrected chi connectivity index (χ2v) is 9.57. The predicted molar refractivity (Wildman–Crippen MR) is 152 cm³/mol. The molecule has 41 heavy (non-hydrogen) atoms. The normalized spacial score (nSPS) is 15.3. The first-order chi connectivity index (χ1) is 19.9. The number of fused-ring (bicyclic) bond motifs is 2. The van der Waals surface area contributed by atoms with Crippen molar-refractivity contribution in [1.29, 1.82) is 0 Å². The lowest BCUT2D eigenvalue weighted by molar-refractivity contribution is -0.108. The Morgan fingerprint density at radius 2 is 1.76 bits per heavy atom. The highest BCUT2D eigenvalue weighted by molar-refractivity contribution is 5.99. The first-order valence-corrected chi connectivity index (χ1v) is 12.9. The van der Waals surface area contributed by atoms with Crippen molar-refractivity contribution >= 4 is 28.7 Å². The molecule has 0 amide bonds. The Labute approximate surface area is 235 Å². The zero-order chi connectivity index (χ0) is 28.7. The molecule has 0 saturated carbocycles. The lowest BCUT2D eigenvalue weighted by atomic mass is 9.83. The molecule has 0 aliphatic carbocycles. The number of nitrogen functional groups attached to an aromatic ring is 1. The van der Waals surface area contributed by atoms with Gasteiger partial charge < -0.3 is 24.7 Å². The molecule has 0 saturated heterocycles. The minimum atomic E-state index is -0.692. The van der Waals surface area contributed by atoms with Gasteiger partial charge in [-0.15, -0.1) is 0 Å². The van der Waals surface area contributed by atoms with E-state index >= 15 is 0 Å². The number of carbonyl (C=O) groups excluding carboxylic acids is 1. The Hall–Kier alpha value is -5.25. The van der Waals surface area contributed by atoms with Crippen molar-refractivity contribution in [2.75, 3.05) is 20.0 Å². The number of benzene rings is 3. The van der Waals surface area contributed by atoms with Gasteiger partial charge in [0, 0.05) is 22.8 Å². The van der Waals surface area contributed by atoms with Gasteiger partial charge in [-0.25, -0.2) is 19.0 Å². The van der Waals surface area contributed by atoms with Crippen molar-refractivity contribution in [3.05, 3.63) is 95.8 Å². The number of nitrogens with two attached hydrogens (primary N) is 1. The fraction of sp³-hybridized carbons (Fsp3) is 0.161. The molecule has 1 aliphatic heterocycles. The van der Waals surface area contributed by atoms with Gasteiger partial charge in [0.2, 0.25) is 0 Å². The smallest absolute Gasteiger partial charge is 0.164 e. The summed E-state index contributed by atoms with van der Waals surface area (Å²) in [6.45, 7) is 1.88. The molecule has 2 N–H and O–H groups in total. The van der Waals surface area contributed by atoms with Crippen molar-refractivity contribution < 1.29 is 23.4 Å². The molecule has 3 aromatic carbocycles. The number of halogens is 1. The largest absolute Gasteiger partial charge is 0.497 e. The van der Waals surface area contributed by atoms with Crippen LogP contribution in [0.15, 0.2) is 78.8 Å². The molecule has 5 aromatic rings. The van der Waals surface area contributed by atoms with E-state index in [-0.39, 0.29) is 5.82 Å². The Kier molecular flexibility index (Phi) is 6.58. The summed E-state index contributed by atoms with van der Waals surface area (Å²) in [4.78, 5) is 21.3. The number of hydrogen-bond donors (Lipinski definition) is 1. The van der Waals surface area contributed by atoms with E-state index < -0.39 is 17.8 Å². The Balaban J connectivity index is 1.60. The van der Waals surface area contributed by atoms with E-state index in [2.05, 4.69) is 9.97 Å². The number of rotatable bonds is 7. The molecule has 0 radical (unpaired) electrons. The molecule has 3 heterocycles. The summed E-state index contributed by atoms with van der Waals surface area (Å²) in [5.74, 6) is 1.24. The number of carbonyl (C=O) groups is 1. The van der Waals surface area contributed by atoms with Crippen LogP contribution in [0.1, 0.15) is 30.0 Å². The topological polar surface area (TPSA) is 114 Å². The van der Waals surface area contributed by atoms with Gasteiger partial charge in [-0.2, -0.15) is 5.10 Å². The average Bonchev–Trinajstić information content (AvgIpc) is 3.40. The number of anilines is 1. The van der Waals surface area contributed by atoms with Gasteiger partial charge in [0.15, 0.2) is 5.65 Å². The summed E-state index contributed by atoms with van der Waals surface area (Å²) in [5, 5.41) is 5.48. The van der Waals surface area contributed by atoms with Gasteiger partial charge in [0.05, 0.1) is 25.5 Å². The molecule has 1 aliphatic rings. The van der Waals surface area contributed by atoms with Crippen molar-refractivity contribution in [1.82, 2.24) is 19.7 Å². The molecule has 6 rings (SSSR count). The molecule has 2 unspecified atom stereocenters. The summed E-state index contributed by atoms with van der Waals surface area (Å²) < 4.78 is 33.5. The van der Waals surface area contributed by atoms with Gasteiger partial charge in [-0.3, -0.25) is 0 Å². The highest BCUT2D eigenvalue weighted by Crippen LogP contribution is 2.46. The van der Waals surface area contributed by atoms with E-state index in [0.29, 0.717) is 62.0 Å². The van der Waals surface area contributed by atoms with Gasteiger partial charge in [-0.05, 0) is 42.8 Å². The van der Waals surface area contributed by atoms with Crippen molar-refractivity contribution in [3.63, 3.8) is 0 Å². The standard InChI is InChI=1S/C31H26FN5O4/c1-17(29-26(18-7-6-8-20(32)11-18)24(15-38)23-9-4-5-10-25(23)41-29)37-31-27(30(33)34-16-35-31)28(36-37)19-12-21(39-2)14-22(13-19)40-3/h4-17,24H,1-3H3,(H2,33,34,35). The Bertz CT molecular complexity index is 1810. The lowest BCUT2D eigenvalue weighted by Gasteiger charge is -2.31. The summed E-state index contributed by atoms with van der Waals surface area (Å²) >= 11 is 0. The maximum atomic E-state index is 14.4. The lowest BCUT2D eigenvalue weighted by Crippen LogP contribution is -2.23. The van der Waals surface area contributed by atoms with Crippen LogP contribution in [0.2, 0.25) is 0 Å². The van der Waals surface area contributed by atoms with Crippen LogP contribution in [0.25, 0.3) is 27.9 Å². The molecule has 0 bridgehead atoms. The van der Waals surface area contributed by atoms with Crippen molar-refractivity contribution in [3.8, 4) is 28.5 Å². The third-order valence-electron chi connectivity index (χ3n) is 7.21. The molecular weight excluding hydrogens is 525 g/mol. The van der Waals surface area contributed by atoms with Crippen molar-refractivity contribution in [2.45, 2.75) is 18.9 Å². The zero-order valence-corrected chi connectivity index (χ0v) is 22.5. The fourth-order valence-corrected chi connectivity index (χ4v) is 5.26. The summed E-state index contributed by atoms with van der Waals surface area (Å²) in [6, 6.07) is 18.2. The number of aldehydes is 1. The van der Waals surface area contributed by atoms with E-state index in [1.807, 2.05) is 37.3 Å². The number of ether oxygens (including phenoxy) is 3. The maximum absolute atomic E-state index is 14.4. The van der Waals surface area contributed by atoms with E-state index in [1.54, 1.807) is 43.2 Å². The summed E-state index contributed by atoms with van der Waals surface area (Å²) in [7, 11) is 3.13. The molecule has 10 heteroatoms. The monoisotopic (exact) mass is 551 g/mol. The number of methoxy groups -OCH3 is 2. The van der Waals surface area contributed by atoms with Crippen LogP contribution in [-0.2, 0) is 4.79 Å². The third kappa shape index (κ3) is 4.43. The van der Waals surface area contributed by atoms with Crippen LogP contribution in [0, 0.1) is 5.82 Å². The first kappa shape index (κ1) is 26.0. The molecule has 2 atom stereocenters. The van der Waals surface area contributed by atoms with Gasteiger partial charge in [0.1, 0.15) is 59.0 Å². The SMILES string of the molecule is COc1cc(OC)cc(-c2nn(C(C)C3=C(c4cccc(F)c4)C(C=O)c4ccccc4O3)c3ncnc(N)c23)c1. The van der Waals surface area contributed by atoms with E-state index in [4.69, 9.17) is 25.0 Å². The predicted octanol–water partition coefficient (Wildman–Crippen LogP) is 5.58. The maximum Gasteiger partial charge on any atom is 0.164 e. The van der Waals surface area contributed by atoms with Crippen LogP contribution in [0.4, 0.5) is 10.2 Å². The van der Waals surface area contributed by atoms with Crippen LogP contribution < -0.4 is 19.9 Å². The highest BCUT2D eigenvalue weighted by atomic mass is 19.1. The highest BCUT2D eigenvalue weighted by Gasteiger charge is 2.35. The van der Waals surface area contributed by atoms with Gasteiger partial charge >= 0.3 is 0 Å². The zero-order valence-electron chi connectivity index (χ0n) is 22.5. The van der Waals surface area contributed by atoms with E-state index in [0.717, 1.165) is 6.29 Å².